The molecule has 0 atom stereocenters. The first kappa shape index (κ1) is 21.8. The van der Waals surface area contributed by atoms with Crippen molar-refractivity contribution in [3.8, 4) is 11.5 Å². The maximum absolute atomic E-state index is 13.1. The zero-order valence-electron chi connectivity index (χ0n) is 15.9. The van der Waals surface area contributed by atoms with E-state index in [0.29, 0.717) is 5.75 Å². The van der Waals surface area contributed by atoms with Crippen molar-refractivity contribution in [1.29, 1.82) is 0 Å². The highest BCUT2D eigenvalue weighted by Crippen LogP contribution is 2.31. The predicted molar refractivity (Wildman–Crippen MR) is 110 cm³/mol. The number of carboxylic acids is 1. The van der Waals surface area contributed by atoms with E-state index in [1.54, 1.807) is 18.2 Å². The molecule has 0 radical (unpaired) electrons. The van der Waals surface area contributed by atoms with Gasteiger partial charge in [-0.3, -0.25) is 14.3 Å². The number of rotatable bonds is 8. The van der Waals surface area contributed by atoms with Crippen LogP contribution >= 0.6 is 0 Å². The molecule has 0 spiro atoms. The van der Waals surface area contributed by atoms with Crippen LogP contribution in [0.15, 0.2) is 77.7 Å². The molecule has 0 aliphatic rings. The Kier molecular flexibility index (Phi) is 6.51. The number of hydrogen-bond acceptors (Lipinski definition) is 5. The van der Waals surface area contributed by atoms with E-state index in [1.807, 2.05) is 0 Å². The molecule has 3 N–H and O–H groups in total. The molecule has 8 nitrogen and oxygen atoms in total. The maximum atomic E-state index is 13.1. The third-order valence-electron chi connectivity index (χ3n) is 4.00. The monoisotopic (exact) mass is 444 g/mol. The summed E-state index contributed by atoms with van der Waals surface area (Å²) in [7, 11) is -4.02. The zero-order valence-corrected chi connectivity index (χ0v) is 16.7. The highest BCUT2D eigenvalue weighted by Gasteiger charge is 2.18. The molecule has 0 aromatic heterocycles. The molecule has 0 heterocycles. The van der Waals surface area contributed by atoms with E-state index in [-0.39, 0.29) is 21.9 Å². The summed E-state index contributed by atoms with van der Waals surface area (Å²) < 4.78 is 46.6. The summed E-state index contributed by atoms with van der Waals surface area (Å²) >= 11 is 0. The number of carbonyl (C=O) groups is 2. The molecule has 10 heteroatoms. The lowest BCUT2D eigenvalue weighted by atomic mass is 10.2. The Balaban J connectivity index is 1.77. The number of ether oxygens (including phenoxy) is 1. The number of benzene rings is 3. The van der Waals surface area contributed by atoms with Gasteiger partial charge in [0.25, 0.3) is 15.9 Å². The fourth-order valence-electron chi connectivity index (χ4n) is 2.52. The minimum absolute atomic E-state index is 0.111. The Hall–Kier alpha value is -3.92. The van der Waals surface area contributed by atoms with Crippen LogP contribution in [0, 0.1) is 5.82 Å². The van der Waals surface area contributed by atoms with Gasteiger partial charge in [0.15, 0.2) is 5.75 Å². The molecule has 0 fully saturated rings. The summed E-state index contributed by atoms with van der Waals surface area (Å²) in [5.41, 5.74) is 0.273. The van der Waals surface area contributed by atoms with Gasteiger partial charge in [0.05, 0.1) is 10.6 Å². The second-order valence-electron chi connectivity index (χ2n) is 6.26. The number of hydrogen-bond donors (Lipinski definition) is 3. The van der Waals surface area contributed by atoms with Gasteiger partial charge in [0.2, 0.25) is 0 Å². The molecule has 0 saturated carbocycles. The van der Waals surface area contributed by atoms with Gasteiger partial charge in [-0.1, -0.05) is 12.1 Å². The van der Waals surface area contributed by atoms with Crippen molar-refractivity contribution >= 4 is 27.6 Å². The SMILES string of the molecule is O=C(O)CNC(=O)c1ccc(S(=O)(=O)Nc2ccccc2Oc2ccc(F)cc2)cc1. The molecule has 0 unspecified atom stereocenters. The summed E-state index contributed by atoms with van der Waals surface area (Å²) in [5, 5.41) is 10.8. The molecule has 3 rings (SSSR count). The Bertz CT molecular complexity index is 1200. The van der Waals surface area contributed by atoms with Gasteiger partial charge in [-0.25, -0.2) is 12.8 Å². The van der Waals surface area contributed by atoms with Crippen LogP contribution in [0.5, 0.6) is 11.5 Å². The van der Waals surface area contributed by atoms with Crippen molar-refractivity contribution in [1.82, 2.24) is 5.32 Å². The second kappa shape index (κ2) is 9.26. The summed E-state index contributed by atoms with van der Waals surface area (Å²) in [6.07, 6.45) is 0. The van der Waals surface area contributed by atoms with E-state index >= 15 is 0 Å². The van der Waals surface area contributed by atoms with E-state index in [1.165, 1.54) is 54.6 Å². The largest absolute Gasteiger partial charge is 0.480 e. The van der Waals surface area contributed by atoms with Crippen molar-refractivity contribution in [2.45, 2.75) is 4.90 Å². The number of anilines is 1. The number of halogens is 1. The topological polar surface area (TPSA) is 122 Å². The van der Waals surface area contributed by atoms with E-state index < -0.39 is 34.3 Å². The van der Waals surface area contributed by atoms with Gasteiger partial charge in [-0.15, -0.1) is 0 Å². The number of carboxylic acid groups (broad SMARTS) is 1. The molecule has 3 aromatic rings. The first-order chi connectivity index (χ1) is 14.7. The number of carbonyl (C=O) groups excluding carboxylic acids is 1. The lowest BCUT2D eigenvalue weighted by Gasteiger charge is -2.13. The van der Waals surface area contributed by atoms with Gasteiger partial charge in [-0.05, 0) is 60.7 Å². The molecule has 3 aromatic carbocycles. The minimum atomic E-state index is -4.02. The van der Waals surface area contributed by atoms with E-state index in [2.05, 4.69) is 10.0 Å². The molecular weight excluding hydrogens is 427 g/mol. The average Bonchev–Trinajstić information content (AvgIpc) is 2.75. The predicted octanol–water partition coefficient (Wildman–Crippen LogP) is 3.23. The summed E-state index contributed by atoms with van der Waals surface area (Å²) in [6, 6.07) is 16.6. The fourth-order valence-corrected chi connectivity index (χ4v) is 3.59. The molecule has 1 amide bonds. The minimum Gasteiger partial charge on any atom is -0.480 e. The van der Waals surface area contributed by atoms with Gasteiger partial charge in [-0.2, -0.15) is 0 Å². The fraction of sp³-hybridized carbons (Fsp3) is 0.0476. The first-order valence-electron chi connectivity index (χ1n) is 8.90. The van der Waals surface area contributed by atoms with E-state index in [0.717, 1.165) is 0 Å². The summed E-state index contributed by atoms with van der Waals surface area (Å²) in [6.45, 7) is -0.550. The molecular formula is C21H17FN2O6S. The van der Waals surface area contributed by atoms with Crippen molar-refractivity contribution in [2.24, 2.45) is 0 Å². The number of sulfonamides is 1. The van der Waals surface area contributed by atoms with Crippen LogP contribution < -0.4 is 14.8 Å². The molecule has 0 aliphatic carbocycles. The van der Waals surface area contributed by atoms with Gasteiger partial charge < -0.3 is 15.2 Å². The number of nitrogens with one attached hydrogen (secondary N) is 2. The van der Waals surface area contributed by atoms with Crippen molar-refractivity contribution in [3.05, 3.63) is 84.2 Å². The Morgan fingerprint density at radius 1 is 0.935 bits per heavy atom. The van der Waals surface area contributed by atoms with Crippen molar-refractivity contribution in [3.63, 3.8) is 0 Å². The number of aliphatic carboxylic acids is 1. The number of para-hydroxylation sites is 2. The number of amides is 1. The third kappa shape index (κ3) is 5.80. The van der Waals surface area contributed by atoms with E-state index in [9.17, 15) is 22.4 Å². The van der Waals surface area contributed by atoms with Crippen molar-refractivity contribution in [2.75, 3.05) is 11.3 Å². The van der Waals surface area contributed by atoms with Gasteiger partial charge >= 0.3 is 5.97 Å². The van der Waals surface area contributed by atoms with Crippen LogP contribution in [0.1, 0.15) is 10.4 Å². The molecule has 0 saturated heterocycles. The third-order valence-corrected chi connectivity index (χ3v) is 5.38. The van der Waals surface area contributed by atoms with Crippen LogP contribution in [0.25, 0.3) is 0 Å². The quantitative estimate of drug-likeness (QED) is 0.490. The standard InChI is InChI=1S/C21H17FN2O6S/c22-15-7-9-16(10-8-15)30-19-4-2-1-3-18(19)24-31(28,29)17-11-5-14(6-12-17)21(27)23-13-20(25)26/h1-12,24H,13H2,(H,23,27)(H,25,26). The summed E-state index contributed by atoms with van der Waals surface area (Å²) in [4.78, 5) is 22.3. The normalized spacial score (nSPS) is 10.9. The van der Waals surface area contributed by atoms with Gasteiger partial charge in [0.1, 0.15) is 18.1 Å². The van der Waals surface area contributed by atoms with Crippen LogP contribution in [-0.2, 0) is 14.8 Å². The van der Waals surface area contributed by atoms with E-state index in [4.69, 9.17) is 9.84 Å². The Morgan fingerprint density at radius 2 is 1.58 bits per heavy atom. The molecule has 0 bridgehead atoms. The van der Waals surface area contributed by atoms with Crippen LogP contribution in [0.4, 0.5) is 10.1 Å². The van der Waals surface area contributed by atoms with Crippen molar-refractivity contribution < 1.29 is 32.2 Å². The second-order valence-corrected chi connectivity index (χ2v) is 7.94. The van der Waals surface area contributed by atoms with Crippen LogP contribution in [0.2, 0.25) is 0 Å². The molecule has 160 valence electrons. The molecule has 0 aliphatic heterocycles. The lowest BCUT2D eigenvalue weighted by molar-refractivity contribution is -0.135. The maximum Gasteiger partial charge on any atom is 0.322 e. The summed E-state index contributed by atoms with van der Waals surface area (Å²) in [5.74, 6) is -1.73. The Labute approximate surface area is 177 Å². The van der Waals surface area contributed by atoms with Crippen LogP contribution in [0.3, 0.4) is 0 Å². The highest BCUT2D eigenvalue weighted by molar-refractivity contribution is 7.92. The average molecular weight is 444 g/mol. The smallest absolute Gasteiger partial charge is 0.322 e. The molecule has 31 heavy (non-hydrogen) atoms. The zero-order chi connectivity index (χ0) is 22.4. The Morgan fingerprint density at radius 3 is 2.23 bits per heavy atom. The van der Waals surface area contributed by atoms with Crippen LogP contribution in [-0.4, -0.2) is 31.9 Å². The van der Waals surface area contributed by atoms with Gasteiger partial charge in [0, 0.05) is 5.56 Å². The first-order valence-corrected chi connectivity index (χ1v) is 10.4. The highest BCUT2D eigenvalue weighted by atomic mass is 32.2. The lowest BCUT2D eigenvalue weighted by Crippen LogP contribution is -2.29.